The average Bonchev–Trinajstić information content (AvgIpc) is 2.61. The van der Waals surface area contributed by atoms with E-state index in [1.807, 2.05) is 0 Å². The summed E-state index contributed by atoms with van der Waals surface area (Å²) in [6, 6.07) is 2.56. The van der Waals surface area contributed by atoms with Crippen molar-refractivity contribution in [3.05, 3.63) is 60.1 Å². The number of aromatic carboxylic acids is 2. The Hall–Kier alpha value is -2.76. The van der Waals surface area contributed by atoms with Crippen LogP contribution in [0.4, 0.5) is 0 Å². The molecule has 0 fully saturated rings. The van der Waals surface area contributed by atoms with Gasteiger partial charge in [0, 0.05) is 11.1 Å². The summed E-state index contributed by atoms with van der Waals surface area (Å²) in [6.07, 6.45) is 6.22. The summed E-state index contributed by atoms with van der Waals surface area (Å²) in [6.45, 7) is 7.86. The van der Waals surface area contributed by atoms with Crippen molar-refractivity contribution in [2.24, 2.45) is 0 Å². The van der Waals surface area contributed by atoms with E-state index in [1.165, 1.54) is 24.7 Å². The summed E-state index contributed by atoms with van der Waals surface area (Å²) < 4.78 is 10.1. The number of carboxylic acids is 2. The lowest BCUT2D eigenvalue weighted by atomic mass is 9.89. The molecule has 6 heteroatoms. The van der Waals surface area contributed by atoms with Gasteiger partial charge in [-0.3, -0.25) is 0 Å². The van der Waals surface area contributed by atoms with E-state index in [9.17, 15) is 19.8 Å². The van der Waals surface area contributed by atoms with E-state index < -0.39 is 11.9 Å². The Morgan fingerprint density at radius 1 is 0.808 bits per heavy atom. The van der Waals surface area contributed by atoms with Crippen LogP contribution in [0.15, 0.2) is 37.8 Å². The molecular formula is C20H24O6-2. The van der Waals surface area contributed by atoms with Gasteiger partial charge in [-0.25, -0.2) is 0 Å². The highest BCUT2D eigenvalue weighted by atomic mass is 16.5. The number of ether oxygens (including phenoxy) is 2. The lowest BCUT2D eigenvalue weighted by molar-refractivity contribution is -0.256. The molecule has 0 spiro atoms. The van der Waals surface area contributed by atoms with Crippen LogP contribution in [0, 0.1) is 0 Å². The van der Waals surface area contributed by atoms with Gasteiger partial charge in [-0.1, -0.05) is 25.3 Å². The van der Waals surface area contributed by atoms with E-state index in [0.717, 1.165) is 0 Å². The van der Waals surface area contributed by atoms with Gasteiger partial charge < -0.3 is 29.3 Å². The predicted octanol–water partition coefficient (Wildman–Crippen LogP) is 1.38. The van der Waals surface area contributed by atoms with Crippen molar-refractivity contribution in [1.82, 2.24) is 0 Å². The molecule has 0 atom stereocenters. The molecule has 0 unspecified atom stereocenters. The largest absolute Gasteiger partial charge is 0.545 e. The number of carboxylic acid groups (broad SMARTS) is 2. The number of carbonyl (C=O) groups is 2. The first kappa shape index (κ1) is 21.3. The highest BCUT2D eigenvalue weighted by Crippen LogP contribution is 2.24. The molecule has 0 aliphatic heterocycles. The van der Waals surface area contributed by atoms with E-state index in [0.29, 0.717) is 62.9 Å². The summed E-state index contributed by atoms with van der Waals surface area (Å²) in [5.74, 6) is -2.63. The molecule has 0 heterocycles. The van der Waals surface area contributed by atoms with Crippen LogP contribution in [0.3, 0.4) is 0 Å². The number of benzene rings is 1. The van der Waals surface area contributed by atoms with E-state index >= 15 is 0 Å². The van der Waals surface area contributed by atoms with E-state index in [2.05, 4.69) is 13.2 Å². The predicted molar refractivity (Wildman–Crippen MR) is 93.3 cm³/mol. The standard InChI is InChI=1S/C20H26O6/c1-3-25-13-7-5-9-15-16(10-6-8-14-26-4-2)18(20(23)24)12-11-17(15)19(21)22/h3-4,11-12H,1-2,5-10,13-14H2,(H,21,22)(H,23,24)/p-2. The van der Waals surface area contributed by atoms with Gasteiger partial charge in [0.1, 0.15) is 0 Å². The summed E-state index contributed by atoms with van der Waals surface area (Å²) in [5.41, 5.74) is 1.04. The van der Waals surface area contributed by atoms with Crippen LogP contribution >= 0.6 is 0 Å². The molecule has 0 amide bonds. The summed E-state index contributed by atoms with van der Waals surface area (Å²) in [4.78, 5) is 22.9. The number of carbonyl (C=O) groups excluding carboxylic acids is 2. The van der Waals surface area contributed by atoms with Gasteiger partial charge in [-0.15, -0.1) is 0 Å². The Kier molecular flexibility index (Phi) is 9.61. The Morgan fingerprint density at radius 3 is 1.50 bits per heavy atom. The van der Waals surface area contributed by atoms with Crippen LogP contribution < -0.4 is 10.2 Å². The highest BCUT2D eigenvalue weighted by molar-refractivity contribution is 5.93. The second-order valence-electron chi connectivity index (χ2n) is 5.68. The number of hydrogen-bond acceptors (Lipinski definition) is 6. The molecule has 1 aromatic carbocycles. The highest BCUT2D eigenvalue weighted by Gasteiger charge is 2.14. The Labute approximate surface area is 153 Å². The van der Waals surface area contributed by atoms with Crippen LogP contribution in [-0.4, -0.2) is 25.2 Å². The maximum atomic E-state index is 11.5. The molecule has 0 saturated carbocycles. The lowest BCUT2D eigenvalue weighted by Crippen LogP contribution is -2.28. The number of hydrogen-bond donors (Lipinski definition) is 0. The molecular weight excluding hydrogens is 336 g/mol. The SMILES string of the molecule is C=COCCCCc1c(C(=O)[O-])ccc(C(=O)[O-])c1CCCCOC=C. The molecule has 6 nitrogen and oxygen atoms in total. The van der Waals surface area contributed by atoms with Gasteiger partial charge >= 0.3 is 0 Å². The lowest BCUT2D eigenvalue weighted by Gasteiger charge is -2.20. The molecule has 1 aromatic rings. The minimum absolute atomic E-state index is 0.0250. The van der Waals surface area contributed by atoms with Gasteiger partial charge in [0.15, 0.2) is 0 Å². The van der Waals surface area contributed by atoms with Crippen LogP contribution in [0.1, 0.15) is 57.5 Å². The van der Waals surface area contributed by atoms with Crippen LogP contribution in [0.25, 0.3) is 0 Å². The van der Waals surface area contributed by atoms with Crippen molar-refractivity contribution in [2.75, 3.05) is 13.2 Å². The van der Waals surface area contributed by atoms with E-state index in [-0.39, 0.29) is 11.1 Å². The Balaban J connectivity index is 3.02. The first-order valence-corrected chi connectivity index (χ1v) is 8.55. The van der Waals surface area contributed by atoms with Crippen LogP contribution in [0.5, 0.6) is 0 Å². The molecule has 0 bridgehead atoms. The van der Waals surface area contributed by atoms with Crippen molar-refractivity contribution in [2.45, 2.75) is 38.5 Å². The topological polar surface area (TPSA) is 98.7 Å². The quantitative estimate of drug-likeness (QED) is 0.367. The third-order valence-electron chi connectivity index (χ3n) is 3.98. The van der Waals surface area contributed by atoms with E-state index in [1.54, 1.807) is 0 Å². The second-order valence-corrected chi connectivity index (χ2v) is 5.68. The molecule has 0 N–H and O–H groups in total. The number of rotatable bonds is 14. The smallest absolute Gasteiger partial charge is 0.0873 e. The average molecular weight is 360 g/mol. The maximum absolute atomic E-state index is 11.5. The van der Waals surface area contributed by atoms with Crippen molar-refractivity contribution < 1.29 is 29.3 Å². The molecule has 0 aliphatic carbocycles. The molecule has 0 saturated heterocycles. The molecule has 0 aromatic heterocycles. The Morgan fingerprint density at radius 2 is 1.19 bits per heavy atom. The second kappa shape index (κ2) is 11.7. The van der Waals surface area contributed by atoms with Gasteiger partial charge in [0.25, 0.3) is 0 Å². The van der Waals surface area contributed by atoms with Gasteiger partial charge in [-0.2, -0.15) is 0 Å². The summed E-state index contributed by atoms with van der Waals surface area (Å²) >= 11 is 0. The van der Waals surface area contributed by atoms with Crippen molar-refractivity contribution in [1.29, 1.82) is 0 Å². The van der Waals surface area contributed by atoms with E-state index in [4.69, 9.17) is 9.47 Å². The summed E-state index contributed by atoms with van der Waals surface area (Å²) in [5, 5.41) is 22.9. The van der Waals surface area contributed by atoms with Gasteiger partial charge in [0.05, 0.1) is 37.7 Å². The first-order valence-electron chi connectivity index (χ1n) is 8.55. The third-order valence-corrected chi connectivity index (χ3v) is 3.98. The molecule has 142 valence electrons. The molecule has 0 aliphatic rings. The fourth-order valence-corrected chi connectivity index (χ4v) is 2.79. The minimum atomic E-state index is -1.32. The fraction of sp³-hybridized carbons (Fsp3) is 0.400. The monoisotopic (exact) mass is 360 g/mol. The van der Waals surface area contributed by atoms with Crippen LogP contribution in [0.2, 0.25) is 0 Å². The van der Waals surface area contributed by atoms with Gasteiger partial charge in [0.2, 0.25) is 0 Å². The minimum Gasteiger partial charge on any atom is -0.545 e. The number of unbranched alkanes of at least 4 members (excludes halogenated alkanes) is 2. The first-order chi connectivity index (χ1) is 12.5. The normalized spacial score (nSPS) is 10.2. The maximum Gasteiger partial charge on any atom is 0.0873 e. The van der Waals surface area contributed by atoms with Crippen molar-refractivity contribution >= 4 is 11.9 Å². The van der Waals surface area contributed by atoms with Crippen LogP contribution in [-0.2, 0) is 22.3 Å². The zero-order chi connectivity index (χ0) is 19.4. The third kappa shape index (κ3) is 6.63. The molecule has 1 rings (SSSR count). The summed E-state index contributed by atoms with van der Waals surface area (Å²) in [7, 11) is 0. The molecule has 26 heavy (non-hydrogen) atoms. The molecule has 0 radical (unpaired) electrons. The zero-order valence-corrected chi connectivity index (χ0v) is 14.8. The zero-order valence-electron chi connectivity index (χ0n) is 14.8. The van der Waals surface area contributed by atoms with Gasteiger partial charge in [-0.05, 0) is 49.7 Å². The van der Waals surface area contributed by atoms with Crippen molar-refractivity contribution in [3.63, 3.8) is 0 Å². The Bertz CT molecular complexity index is 580. The van der Waals surface area contributed by atoms with Crippen molar-refractivity contribution in [3.8, 4) is 0 Å². The fourth-order valence-electron chi connectivity index (χ4n) is 2.79.